The number of carbonyl (C=O) groups is 1. The molecule has 0 bridgehead atoms. The summed E-state index contributed by atoms with van der Waals surface area (Å²) in [6.07, 6.45) is 3.67. The molecule has 1 amide bonds. The number of fused-ring (bicyclic) bond motifs is 1. The molecule has 1 saturated carbocycles. The Labute approximate surface area is 191 Å². The third-order valence-corrected chi connectivity index (χ3v) is 9.54. The zero-order chi connectivity index (χ0) is 23.2. The first-order chi connectivity index (χ1) is 15.7. The largest absolute Gasteiger partial charge is 0.346 e. The highest BCUT2D eigenvalue weighted by molar-refractivity contribution is 7.94. The quantitative estimate of drug-likeness (QED) is 0.480. The predicted molar refractivity (Wildman–Crippen MR) is 125 cm³/mol. The minimum Gasteiger partial charge on any atom is -0.346 e. The molecule has 0 radical (unpaired) electrons. The Morgan fingerprint density at radius 1 is 1.00 bits per heavy atom. The third kappa shape index (κ3) is 4.71. The van der Waals surface area contributed by atoms with Crippen molar-refractivity contribution in [2.45, 2.75) is 30.9 Å². The van der Waals surface area contributed by atoms with Crippen LogP contribution in [0.4, 0.5) is 11.6 Å². The number of sulfone groups is 1. The third-order valence-electron chi connectivity index (χ3n) is 5.96. The van der Waals surface area contributed by atoms with Crippen molar-refractivity contribution < 1.29 is 21.6 Å². The van der Waals surface area contributed by atoms with Gasteiger partial charge in [-0.15, -0.1) is 0 Å². The maximum atomic E-state index is 12.7. The van der Waals surface area contributed by atoms with Gasteiger partial charge in [-0.2, -0.15) is 4.98 Å². The van der Waals surface area contributed by atoms with Gasteiger partial charge >= 0.3 is 0 Å². The summed E-state index contributed by atoms with van der Waals surface area (Å²) in [6, 6.07) is 8.59. The lowest BCUT2D eigenvalue weighted by Crippen LogP contribution is -2.35. The van der Waals surface area contributed by atoms with Crippen LogP contribution in [0.25, 0.3) is 22.3 Å². The van der Waals surface area contributed by atoms with Crippen LogP contribution in [-0.2, 0) is 24.7 Å². The van der Waals surface area contributed by atoms with Crippen LogP contribution >= 0.6 is 0 Å². The summed E-state index contributed by atoms with van der Waals surface area (Å²) < 4.78 is 51.2. The van der Waals surface area contributed by atoms with Gasteiger partial charge in [-0.25, -0.2) is 21.8 Å². The zero-order valence-electron chi connectivity index (χ0n) is 17.6. The molecule has 0 spiro atoms. The van der Waals surface area contributed by atoms with Gasteiger partial charge in [0.2, 0.25) is 21.9 Å². The van der Waals surface area contributed by atoms with E-state index in [0.717, 1.165) is 23.8 Å². The summed E-state index contributed by atoms with van der Waals surface area (Å²) in [5, 5.41) is 2.80. The summed E-state index contributed by atoms with van der Waals surface area (Å²) in [4.78, 5) is 24.1. The number of anilines is 2. The zero-order valence-corrected chi connectivity index (χ0v) is 19.2. The molecule has 2 aromatic heterocycles. The van der Waals surface area contributed by atoms with Gasteiger partial charge in [-0.1, -0.05) is 12.1 Å². The van der Waals surface area contributed by atoms with E-state index in [1.54, 1.807) is 30.5 Å². The lowest BCUT2D eigenvalue weighted by atomic mass is 10.1. The highest BCUT2D eigenvalue weighted by Gasteiger charge is 2.33. The average Bonchev–Trinajstić information content (AvgIpc) is 3.51. The molecule has 12 heteroatoms. The molecule has 0 unspecified atom stereocenters. The summed E-state index contributed by atoms with van der Waals surface area (Å²) in [5.41, 5.74) is 2.31. The molecule has 2 fully saturated rings. The van der Waals surface area contributed by atoms with Gasteiger partial charge in [0, 0.05) is 28.8 Å². The number of rotatable bonds is 6. The van der Waals surface area contributed by atoms with E-state index in [2.05, 4.69) is 25.0 Å². The van der Waals surface area contributed by atoms with Gasteiger partial charge in [0.05, 0.1) is 22.4 Å². The molecule has 1 saturated heterocycles. The maximum Gasteiger partial charge on any atom is 0.235 e. The molecule has 2 aliphatic rings. The van der Waals surface area contributed by atoms with Crippen LogP contribution in [0.1, 0.15) is 25.7 Å². The fourth-order valence-electron chi connectivity index (χ4n) is 3.90. The van der Waals surface area contributed by atoms with E-state index >= 15 is 0 Å². The Hall–Kier alpha value is -2.99. The molecule has 1 aliphatic carbocycles. The highest BCUT2D eigenvalue weighted by Crippen LogP contribution is 2.32. The van der Waals surface area contributed by atoms with E-state index < -0.39 is 25.1 Å². The van der Waals surface area contributed by atoms with E-state index in [9.17, 15) is 21.6 Å². The van der Waals surface area contributed by atoms with E-state index in [1.807, 2.05) is 6.07 Å². The van der Waals surface area contributed by atoms with Crippen molar-refractivity contribution in [3.8, 4) is 11.3 Å². The fourth-order valence-corrected chi connectivity index (χ4v) is 7.17. The second-order valence-electron chi connectivity index (χ2n) is 8.47. The number of aromatic nitrogens is 3. The number of amides is 1. The highest BCUT2D eigenvalue weighted by atomic mass is 32.2. The normalized spacial score (nSPS) is 18.8. The Bertz CT molecular complexity index is 1410. The number of nitrogens with one attached hydrogen (secondary N) is 3. The number of hydrogen-bond donors (Lipinski definition) is 3. The van der Waals surface area contributed by atoms with Crippen molar-refractivity contribution in [3.05, 3.63) is 36.5 Å². The van der Waals surface area contributed by atoms with Crippen molar-refractivity contribution in [1.29, 1.82) is 0 Å². The minimum absolute atomic E-state index is 0.0213. The molecule has 10 nitrogen and oxygen atoms in total. The molecule has 0 atom stereocenters. The molecule has 33 heavy (non-hydrogen) atoms. The number of hydrogen-bond acceptors (Lipinski definition) is 7. The molecular formula is C21H23N5O5S2. The van der Waals surface area contributed by atoms with Crippen molar-refractivity contribution in [3.63, 3.8) is 0 Å². The predicted octanol–water partition coefficient (Wildman–Crippen LogP) is 2.29. The van der Waals surface area contributed by atoms with Gasteiger partial charge in [-0.3, -0.25) is 14.8 Å². The lowest BCUT2D eigenvalue weighted by molar-refractivity contribution is -0.117. The van der Waals surface area contributed by atoms with E-state index in [1.165, 1.54) is 0 Å². The molecular weight excluding hydrogens is 466 g/mol. The topological polar surface area (TPSA) is 151 Å². The SMILES string of the molecule is O=C(Nc1nc(-c2ccc(NS(=O)(=O)C3CCS(=O)(=O)CC3)cc2)c2cc[nH]c2n1)C1CC1. The Morgan fingerprint density at radius 2 is 1.70 bits per heavy atom. The Balaban J connectivity index is 1.37. The Kier molecular flexibility index (Phi) is 5.36. The molecule has 3 aromatic rings. The molecule has 1 aromatic carbocycles. The average molecular weight is 490 g/mol. The number of carbonyl (C=O) groups excluding carboxylic acids is 1. The van der Waals surface area contributed by atoms with Gasteiger partial charge in [0.25, 0.3) is 0 Å². The number of benzene rings is 1. The molecule has 1 aliphatic heterocycles. The summed E-state index contributed by atoms with van der Waals surface area (Å²) in [6.45, 7) is 0. The van der Waals surface area contributed by atoms with Crippen molar-refractivity contribution >= 4 is 48.4 Å². The number of sulfonamides is 1. The summed E-state index contributed by atoms with van der Waals surface area (Å²) >= 11 is 0. The first-order valence-corrected chi connectivity index (χ1v) is 14.1. The van der Waals surface area contributed by atoms with Crippen LogP contribution in [0.3, 0.4) is 0 Å². The standard InChI is InChI=1S/C21H23N5O5S2/c27-20(14-1-2-14)25-21-23-18(17-7-10-22-19(17)24-21)13-3-5-15(6-4-13)26-33(30,31)16-8-11-32(28,29)12-9-16/h3-7,10,14,16,26H,1-2,8-9,11-12H2,(H2,22,23,24,25,27). The van der Waals surface area contributed by atoms with Crippen molar-refractivity contribution in [2.24, 2.45) is 5.92 Å². The van der Waals surface area contributed by atoms with E-state index in [0.29, 0.717) is 17.0 Å². The minimum atomic E-state index is -3.70. The van der Waals surface area contributed by atoms with Crippen molar-refractivity contribution in [1.82, 2.24) is 15.0 Å². The van der Waals surface area contributed by atoms with Crippen LogP contribution < -0.4 is 10.0 Å². The van der Waals surface area contributed by atoms with Gasteiger partial charge in [-0.05, 0) is 43.9 Å². The van der Waals surface area contributed by atoms with Crippen LogP contribution in [-0.4, -0.2) is 54.5 Å². The lowest BCUT2D eigenvalue weighted by Gasteiger charge is -2.22. The molecule has 174 valence electrons. The molecule has 3 heterocycles. The molecule has 3 N–H and O–H groups in total. The van der Waals surface area contributed by atoms with Crippen LogP contribution in [0.2, 0.25) is 0 Å². The second-order valence-corrected chi connectivity index (χ2v) is 12.7. The number of nitrogens with zero attached hydrogens (tertiary/aromatic N) is 2. The van der Waals surface area contributed by atoms with Crippen LogP contribution in [0.15, 0.2) is 36.5 Å². The monoisotopic (exact) mass is 489 g/mol. The number of aromatic amines is 1. The van der Waals surface area contributed by atoms with Crippen LogP contribution in [0.5, 0.6) is 0 Å². The first-order valence-electron chi connectivity index (χ1n) is 10.7. The summed E-state index contributed by atoms with van der Waals surface area (Å²) in [7, 11) is -6.85. The summed E-state index contributed by atoms with van der Waals surface area (Å²) in [5.74, 6) is -0.0800. The first kappa shape index (κ1) is 21.8. The van der Waals surface area contributed by atoms with Gasteiger partial charge in [0.15, 0.2) is 0 Å². The number of H-pyrrole nitrogens is 1. The van der Waals surface area contributed by atoms with E-state index in [-0.39, 0.29) is 42.1 Å². The maximum absolute atomic E-state index is 12.7. The Morgan fingerprint density at radius 3 is 2.36 bits per heavy atom. The van der Waals surface area contributed by atoms with Crippen LogP contribution in [0, 0.1) is 5.92 Å². The fraction of sp³-hybridized carbons (Fsp3) is 0.381. The van der Waals surface area contributed by atoms with Crippen molar-refractivity contribution in [2.75, 3.05) is 21.5 Å². The smallest absolute Gasteiger partial charge is 0.235 e. The van der Waals surface area contributed by atoms with E-state index in [4.69, 9.17) is 0 Å². The molecule has 5 rings (SSSR count). The second kappa shape index (κ2) is 8.10. The van der Waals surface area contributed by atoms with Gasteiger partial charge in [0.1, 0.15) is 15.5 Å². The van der Waals surface area contributed by atoms with Gasteiger partial charge < -0.3 is 4.98 Å².